The van der Waals surface area contributed by atoms with Crippen LogP contribution in [0.3, 0.4) is 0 Å². The lowest BCUT2D eigenvalue weighted by Gasteiger charge is -2.18. The zero-order chi connectivity index (χ0) is 8.20. The average molecular weight is 142 g/mol. The molecule has 0 spiro atoms. The van der Waals surface area contributed by atoms with Crippen LogP contribution < -0.4 is 5.32 Å². The van der Waals surface area contributed by atoms with Crippen molar-refractivity contribution < 1.29 is 9.53 Å². The molecule has 1 radical (unpaired) electrons. The summed E-state index contributed by atoms with van der Waals surface area (Å²) in [4.78, 5) is 10.6. The molecule has 0 aliphatic heterocycles. The van der Waals surface area contributed by atoms with Gasteiger partial charge in [0.05, 0.1) is 0 Å². The molecule has 0 heterocycles. The first-order chi connectivity index (χ1) is 4.45. The number of rotatable bonds is 1. The molecule has 0 rings (SSSR count). The maximum atomic E-state index is 10.6. The van der Waals surface area contributed by atoms with E-state index < -0.39 is 11.7 Å². The third-order valence-electron chi connectivity index (χ3n) is 0.600. The van der Waals surface area contributed by atoms with Crippen molar-refractivity contribution in [2.24, 2.45) is 0 Å². The average Bonchev–Trinajstić information content (AvgIpc) is 1.59. The summed E-state index contributed by atoms with van der Waals surface area (Å²) in [6, 6.07) is 0. The summed E-state index contributed by atoms with van der Waals surface area (Å²) in [6.45, 7) is 10.3. The lowest BCUT2D eigenvalue weighted by atomic mass is 10.2. The molecule has 0 aliphatic carbocycles. The van der Waals surface area contributed by atoms with Crippen LogP contribution in [0.2, 0.25) is 0 Å². The van der Waals surface area contributed by atoms with E-state index >= 15 is 0 Å². The van der Waals surface area contributed by atoms with Crippen molar-refractivity contribution in [3.05, 3.63) is 12.8 Å². The predicted octanol–water partition coefficient (Wildman–Crippen LogP) is 1.46. The summed E-state index contributed by atoms with van der Waals surface area (Å²) in [5.41, 5.74) is -0.465. The Morgan fingerprint density at radius 3 is 2.40 bits per heavy atom. The molecular formula is C7H12NO2. The molecule has 0 bridgehead atoms. The van der Waals surface area contributed by atoms with E-state index in [1.165, 1.54) is 0 Å². The second kappa shape index (κ2) is 3.25. The molecule has 0 saturated carbocycles. The van der Waals surface area contributed by atoms with Crippen LogP contribution in [-0.4, -0.2) is 11.7 Å². The number of carbonyl (C=O) groups is 1. The topological polar surface area (TPSA) is 38.3 Å². The maximum Gasteiger partial charge on any atom is 0.411 e. The number of hydrogen-bond donors (Lipinski definition) is 1. The number of hydrogen-bond acceptors (Lipinski definition) is 2. The van der Waals surface area contributed by atoms with E-state index in [-0.39, 0.29) is 0 Å². The van der Waals surface area contributed by atoms with E-state index in [0.29, 0.717) is 0 Å². The second-order valence-electron chi connectivity index (χ2n) is 2.81. The zero-order valence-corrected chi connectivity index (χ0v) is 6.47. The molecule has 3 nitrogen and oxygen atoms in total. The molecule has 3 heteroatoms. The van der Waals surface area contributed by atoms with Crippen molar-refractivity contribution in [2.75, 3.05) is 0 Å². The van der Waals surface area contributed by atoms with Crippen LogP contribution in [0.1, 0.15) is 20.8 Å². The number of nitrogens with one attached hydrogen (secondary N) is 1. The van der Waals surface area contributed by atoms with E-state index in [1.54, 1.807) is 20.8 Å². The van der Waals surface area contributed by atoms with E-state index in [1.807, 2.05) is 0 Å². The van der Waals surface area contributed by atoms with Crippen molar-refractivity contribution >= 4 is 6.09 Å². The number of amides is 1. The lowest BCUT2D eigenvalue weighted by Crippen LogP contribution is -2.29. The van der Waals surface area contributed by atoms with Gasteiger partial charge in [0.15, 0.2) is 0 Å². The molecule has 0 unspecified atom stereocenters. The zero-order valence-electron chi connectivity index (χ0n) is 6.47. The van der Waals surface area contributed by atoms with Crippen molar-refractivity contribution in [2.45, 2.75) is 26.4 Å². The summed E-state index contributed by atoms with van der Waals surface area (Å²) in [7, 11) is 0. The molecule has 0 atom stereocenters. The van der Waals surface area contributed by atoms with Gasteiger partial charge in [-0.25, -0.2) is 4.79 Å². The molecular weight excluding hydrogens is 130 g/mol. The summed E-state index contributed by atoms with van der Waals surface area (Å²) in [5, 5.41) is 2.19. The van der Waals surface area contributed by atoms with Crippen molar-refractivity contribution in [3.8, 4) is 0 Å². The molecule has 57 valence electrons. The van der Waals surface area contributed by atoms with Gasteiger partial charge in [0.25, 0.3) is 0 Å². The first-order valence-electron chi connectivity index (χ1n) is 2.98. The largest absolute Gasteiger partial charge is 0.444 e. The van der Waals surface area contributed by atoms with Gasteiger partial charge in [0, 0.05) is 6.20 Å². The van der Waals surface area contributed by atoms with Gasteiger partial charge in [-0.2, -0.15) is 0 Å². The first-order valence-corrected chi connectivity index (χ1v) is 2.98. The highest BCUT2D eigenvalue weighted by Crippen LogP contribution is 2.05. The first kappa shape index (κ1) is 9.01. The predicted molar refractivity (Wildman–Crippen MR) is 38.2 cm³/mol. The van der Waals surface area contributed by atoms with Crippen LogP contribution in [0.5, 0.6) is 0 Å². The fraction of sp³-hybridized carbons (Fsp3) is 0.571. The summed E-state index contributed by atoms with van der Waals surface area (Å²) < 4.78 is 4.82. The van der Waals surface area contributed by atoms with Gasteiger partial charge in [-0.15, -0.1) is 0 Å². The van der Waals surface area contributed by atoms with Crippen LogP contribution in [0, 0.1) is 6.58 Å². The summed E-state index contributed by atoms with van der Waals surface area (Å²) in [5.74, 6) is 0. The van der Waals surface area contributed by atoms with Crippen LogP contribution in [-0.2, 0) is 4.74 Å². The van der Waals surface area contributed by atoms with Gasteiger partial charge >= 0.3 is 6.09 Å². The Balaban J connectivity index is 3.68. The molecule has 0 aromatic rings. The van der Waals surface area contributed by atoms with E-state index in [4.69, 9.17) is 11.3 Å². The van der Waals surface area contributed by atoms with Gasteiger partial charge in [-0.05, 0) is 27.4 Å². The molecule has 0 aromatic carbocycles. The highest BCUT2D eigenvalue weighted by molar-refractivity contribution is 5.68. The Labute approximate surface area is 61.1 Å². The van der Waals surface area contributed by atoms with Crippen molar-refractivity contribution in [1.82, 2.24) is 5.32 Å². The number of carbonyl (C=O) groups excluding carboxylic acids is 1. The van der Waals surface area contributed by atoms with Crippen LogP contribution in [0.25, 0.3) is 0 Å². The highest BCUT2D eigenvalue weighted by Gasteiger charge is 2.14. The molecule has 10 heavy (non-hydrogen) atoms. The van der Waals surface area contributed by atoms with E-state index in [2.05, 4.69) is 5.32 Å². The maximum absolute atomic E-state index is 10.6. The molecule has 0 fully saturated rings. The van der Waals surface area contributed by atoms with Crippen LogP contribution in [0.4, 0.5) is 4.79 Å². The number of ether oxygens (including phenoxy) is 1. The minimum absolute atomic E-state index is 0.465. The van der Waals surface area contributed by atoms with Gasteiger partial charge in [0.2, 0.25) is 0 Å². The van der Waals surface area contributed by atoms with Crippen LogP contribution in [0.15, 0.2) is 6.20 Å². The molecule has 0 aromatic heterocycles. The van der Waals surface area contributed by atoms with Crippen molar-refractivity contribution in [3.63, 3.8) is 0 Å². The van der Waals surface area contributed by atoms with Gasteiger partial charge in [0.1, 0.15) is 5.60 Å². The summed E-state index contributed by atoms with van der Waals surface area (Å²) in [6.07, 6.45) is 0.503. The molecule has 1 amide bonds. The fourth-order valence-corrected chi connectivity index (χ4v) is 0.376. The smallest absolute Gasteiger partial charge is 0.411 e. The quantitative estimate of drug-likeness (QED) is 0.601. The van der Waals surface area contributed by atoms with E-state index in [0.717, 1.165) is 6.20 Å². The summed E-state index contributed by atoms with van der Waals surface area (Å²) >= 11 is 0. The van der Waals surface area contributed by atoms with Crippen molar-refractivity contribution in [1.29, 1.82) is 0 Å². The normalized spacial score (nSPS) is 10.3. The number of alkyl carbamates (subject to hydrolysis) is 1. The highest BCUT2D eigenvalue weighted by atomic mass is 16.6. The van der Waals surface area contributed by atoms with Crippen LogP contribution >= 0.6 is 0 Å². The Morgan fingerprint density at radius 1 is 1.60 bits per heavy atom. The minimum atomic E-state index is -0.532. The molecule has 1 N–H and O–H groups in total. The van der Waals surface area contributed by atoms with Gasteiger partial charge in [-0.1, -0.05) is 0 Å². The minimum Gasteiger partial charge on any atom is -0.444 e. The van der Waals surface area contributed by atoms with Gasteiger partial charge < -0.3 is 4.74 Å². The monoisotopic (exact) mass is 142 g/mol. The molecule has 0 aliphatic rings. The fourth-order valence-electron chi connectivity index (χ4n) is 0.376. The van der Waals surface area contributed by atoms with Gasteiger partial charge in [-0.3, -0.25) is 5.32 Å². The standard InChI is InChI=1S/C7H12NO2/c1-5-8-6(9)10-7(2,3)4/h1,5H,2-4H3,(H,8,9). The molecule has 0 saturated heterocycles. The Bertz CT molecular complexity index is 135. The Morgan fingerprint density at radius 2 is 2.10 bits per heavy atom. The third kappa shape index (κ3) is 5.15. The SMILES string of the molecule is [CH]=CNC(=O)OC(C)(C)C. The van der Waals surface area contributed by atoms with E-state index in [9.17, 15) is 4.79 Å². The Hall–Kier alpha value is -0.990. The third-order valence-corrected chi connectivity index (χ3v) is 0.600. The Kier molecular flexibility index (Phi) is 2.93. The second-order valence-corrected chi connectivity index (χ2v) is 2.81. The lowest BCUT2D eigenvalue weighted by molar-refractivity contribution is 0.0552.